The Labute approximate surface area is 162 Å². The third-order valence-corrected chi connectivity index (χ3v) is 4.35. The first kappa shape index (κ1) is 20.4. The lowest BCUT2D eigenvalue weighted by molar-refractivity contribution is -0.137. The Hall–Kier alpha value is -1.89. The van der Waals surface area contributed by atoms with Crippen molar-refractivity contribution in [3.8, 4) is 0 Å². The van der Waals surface area contributed by atoms with Crippen LogP contribution in [-0.4, -0.2) is 53.0 Å². The van der Waals surface area contributed by atoms with Crippen LogP contribution in [0.15, 0.2) is 24.3 Å². The molecule has 0 aliphatic carbocycles. The number of aliphatic carboxylic acids is 1. The van der Waals surface area contributed by atoms with Gasteiger partial charge in [-0.05, 0) is 24.6 Å². The van der Waals surface area contributed by atoms with E-state index in [1.165, 1.54) is 0 Å². The maximum Gasteiger partial charge on any atom is 0.303 e. The topological polar surface area (TPSA) is 82.5 Å². The lowest BCUT2D eigenvalue weighted by Crippen LogP contribution is -2.46. The number of nitrogens with one attached hydrogen (secondary N) is 1. The van der Waals surface area contributed by atoms with Gasteiger partial charge in [-0.25, -0.2) is 4.98 Å². The fourth-order valence-corrected chi connectivity index (χ4v) is 3.07. The second-order valence-corrected chi connectivity index (χ2v) is 6.64. The highest BCUT2D eigenvalue weighted by Crippen LogP contribution is 2.26. The van der Waals surface area contributed by atoms with E-state index < -0.39 is 5.97 Å². The lowest BCUT2D eigenvalue weighted by atomic mass is 10.1. The van der Waals surface area contributed by atoms with Crippen molar-refractivity contribution in [1.82, 2.24) is 15.2 Å². The van der Waals surface area contributed by atoms with Crippen molar-refractivity contribution >= 4 is 46.0 Å². The smallest absolute Gasteiger partial charge is 0.303 e. The van der Waals surface area contributed by atoms with E-state index in [1.54, 1.807) is 18.2 Å². The number of fused-ring (bicyclic) bond motifs is 1. The first-order chi connectivity index (χ1) is 12.4. The van der Waals surface area contributed by atoms with E-state index in [-0.39, 0.29) is 5.91 Å². The van der Waals surface area contributed by atoms with Crippen LogP contribution in [0.4, 0.5) is 0 Å². The molecule has 0 atom stereocenters. The predicted molar refractivity (Wildman–Crippen MR) is 103 cm³/mol. The zero-order valence-corrected chi connectivity index (χ0v) is 16.0. The van der Waals surface area contributed by atoms with Crippen LogP contribution in [0.25, 0.3) is 10.9 Å². The Kier molecular flexibility index (Phi) is 7.63. The number of nitrogens with zero attached hydrogens (tertiary/aromatic N) is 2. The molecule has 0 unspecified atom stereocenters. The Morgan fingerprint density at radius 2 is 1.92 bits per heavy atom. The Morgan fingerprint density at radius 3 is 2.50 bits per heavy atom. The maximum absolute atomic E-state index is 12.4. The fraction of sp³-hybridized carbons (Fsp3) is 0.389. The third kappa shape index (κ3) is 5.56. The van der Waals surface area contributed by atoms with Gasteiger partial charge in [-0.2, -0.15) is 0 Å². The first-order valence-corrected chi connectivity index (χ1v) is 9.15. The Morgan fingerprint density at radius 1 is 1.23 bits per heavy atom. The number of piperazine rings is 1. The van der Waals surface area contributed by atoms with Crippen LogP contribution >= 0.6 is 23.2 Å². The van der Waals surface area contributed by atoms with E-state index in [0.717, 1.165) is 38.0 Å². The number of aromatic nitrogens is 1. The minimum Gasteiger partial charge on any atom is -0.481 e. The number of rotatable bonds is 3. The van der Waals surface area contributed by atoms with Crippen LogP contribution in [0, 0.1) is 0 Å². The van der Waals surface area contributed by atoms with Gasteiger partial charge in [0, 0.05) is 43.5 Å². The Bertz CT molecular complexity index is 793. The number of benzene rings is 1. The molecule has 0 spiro atoms. The van der Waals surface area contributed by atoms with Gasteiger partial charge in [-0.3, -0.25) is 9.59 Å². The average Bonchev–Trinajstić information content (AvgIpc) is 2.61. The van der Waals surface area contributed by atoms with Gasteiger partial charge in [0.15, 0.2) is 0 Å². The summed E-state index contributed by atoms with van der Waals surface area (Å²) in [6.07, 6.45) is 1.02. The summed E-state index contributed by atoms with van der Waals surface area (Å²) >= 11 is 12.0. The summed E-state index contributed by atoms with van der Waals surface area (Å²) in [4.78, 5) is 28.1. The average molecular weight is 398 g/mol. The molecule has 1 fully saturated rings. The molecule has 0 saturated carbocycles. The minimum absolute atomic E-state index is 0.0197. The number of carboxylic acids is 1. The molecular formula is C18H21Cl2N3O3. The normalized spacial score (nSPS) is 13.9. The highest BCUT2D eigenvalue weighted by molar-refractivity contribution is 6.37. The predicted octanol–water partition coefficient (Wildman–Crippen LogP) is 3.46. The van der Waals surface area contributed by atoms with Gasteiger partial charge in [0.1, 0.15) is 5.15 Å². The number of carboxylic acid groups (broad SMARTS) is 1. The van der Waals surface area contributed by atoms with Crippen molar-refractivity contribution < 1.29 is 14.7 Å². The van der Waals surface area contributed by atoms with Crippen LogP contribution in [0.2, 0.25) is 10.2 Å². The quantitative estimate of drug-likeness (QED) is 0.774. The van der Waals surface area contributed by atoms with Crippen molar-refractivity contribution in [1.29, 1.82) is 0 Å². The summed E-state index contributed by atoms with van der Waals surface area (Å²) in [5, 5.41) is 12.8. The molecule has 3 rings (SSSR count). The summed E-state index contributed by atoms with van der Waals surface area (Å²) in [7, 11) is 0. The molecule has 140 valence electrons. The Balaban J connectivity index is 0.000000352. The number of pyridine rings is 1. The largest absolute Gasteiger partial charge is 0.481 e. The first-order valence-electron chi connectivity index (χ1n) is 8.40. The fourth-order valence-electron chi connectivity index (χ4n) is 2.55. The van der Waals surface area contributed by atoms with Gasteiger partial charge in [0.05, 0.1) is 10.5 Å². The van der Waals surface area contributed by atoms with Crippen LogP contribution in [-0.2, 0) is 4.79 Å². The minimum atomic E-state index is -0.711. The maximum atomic E-state index is 12.4. The molecule has 1 aromatic carbocycles. The highest BCUT2D eigenvalue weighted by Gasteiger charge is 2.18. The molecule has 1 aromatic heterocycles. The van der Waals surface area contributed by atoms with E-state index in [4.69, 9.17) is 28.3 Å². The standard InChI is InChI=1S/C14H13Cl2N3O.C4H8O2/c15-11-8-13(16)18-12-7-9(1-2-10(11)12)14(20)19-5-3-17-4-6-19;1-2-3-4(5)6/h1-2,7-8,17H,3-6H2;2-3H2,1H3,(H,5,6). The molecule has 1 amide bonds. The molecule has 6 nitrogen and oxygen atoms in total. The third-order valence-electron chi connectivity index (χ3n) is 3.84. The summed E-state index contributed by atoms with van der Waals surface area (Å²) in [6, 6.07) is 6.95. The number of hydrogen-bond donors (Lipinski definition) is 2. The molecule has 1 aliphatic rings. The van der Waals surface area contributed by atoms with Gasteiger partial charge in [-0.1, -0.05) is 36.2 Å². The molecule has 26 heavy (non-hydrogen) atoms. The van der Waals surface area contributed by atoms with Crippen LogP contribution < -0.4 is 5.32 Å². The van der Waals surface area contributed by atoms with Gasteiger partial charge in [0.2, 0.25) is 0 Å². The van der Waals surface area contributed by atoms with Crippen molar-refractivity contribution in [3.63, 3.8) is 0 Å². The second kappa shape index (κ2) is 9.71. The molecular weight excluding hydrogens is 377 g/mol. The molecule has 0 bridgehead atoms. The second-order valence-electron chi connectivity index (χ2n) is 5.84. The van der Waals surface area contributed by atoms with Gasteiger partial charge < -0.3 is 15.3 Å². The van der Waals surface area contributed by atoms with Gasteiger partial charge in [-0.15, -0.1) is 0 Å². The molecule has 1 saturated heterocycles. The number of carbonyl (C=O) groups is 2. The van der Waals surface area contributed by atoms with E-state index in [1.807, 2.05) is 17.9 Å². The number of carbonyl (C=O) groups excluding carboxylic acids is 1. The van der Waals surface area contributed by atoms with Gasteiger partial charge in [0.25, 0.3) is 5.91 Å². The van der Waals surface area contributed by atoms with Crippen molar-refractivity contribution in [2.24, 2.45) is 0 Å². The monoisotopic (exact) mass is 397 g/mol. The highest BCUT2D eigenvalue weighted by atomic mass is 35.5. The van der Waals surface area contributed by atoms with E-state index in [2.05, 4.69) is 10.3 Å². The van der Waals surface area contributed by atoms with Gasteiger partial charge >= 0.3 is 5.97 Å². The summed E-state index contributed by atoms with van der Waals surface area (Å²) in [6.45, 7) is 4.94. The molecule has 1 aliphatic heterocycles. The number of halogens is 2. The molecule has 0 radical (unpaired) electrons. The summed E-state index contributed by atoms with van der Waals surface area (Å²) in [5.74, 6) is -0.691. The van der Waals surface area contributed by atoms with Crippen molar-refractivity contribution in [2.75, 3.05) is 26.2 Å². The van der Waals surface area contributed by atoms with Crippen molar-refractivity contribution in [3.05, 3.63) is 40.0 Å². The molecule has 2 aromatic rings. The summed E-state index contributed by atoms with van der Waals surface area (Å²) < 4.78 is 0. The molecule has 8 heteroatoms. The van der Waals surface area contributed by atoms with Crippen LogP contribution in [0.5, 0.6) is 0 Å². The van der Waals surface area contributed by atoms with Crippen LogP contribution in [0.3, 0.4) is 0 Å². The number of hydrogen-bond acceptors (Lipinski definition) is 4. The van der Waals surface area contributed by atoms with Crippen molar-refractivity contribution in [2.45, 2.75) is 19.8 Å². The molecule has 2 heterocycles. The van der Waals surface area contributed by atoms with E-state index in [0.29, 0.717) is 27.7 Å². The van der Waals surface area contributed by atoms with E-state index in [9.17, 15) is 9.59 Å². The SMILES string of the molecule is CCCC(=O)O.O=C(c1ccc2c(Cl)cc(Cl)nc2c1)N1CCNCC1. The molecule has 2 N–H and O–H groups in total. The zero-order chi connectivity index (χ0) is 19.1. The van der Waals surface area contributed by atoms with Crippen LogP contribution in [0.1, 0.15) is 30.1 Å². The number of amides is 1. The van der Waals surface area contributed by atoms with E-state index >= 15 is 0 Å². The zero-order valence-electron chi connectivity index (χ0n) is 14.5. The lowest BCUT2D eigenvalue weighted by Gasteiger charge is -2.27. The summed E-state index contributed by atoms with van der Waals surface area (Å²) in [5.41, 5.74) is 1.26.